The standard InChI is InChI=1S/C10H15N5O3/c11-3-1-6-18-10(16)7-9(12)8-17-5-2-4-14-15-13/h12H,1-2,4-8H2. The van der Waals surface area contributed by atoms with Gasteiger partial charge in [-0.05, 0) is 12.0 Å². The molecule has 18 heavy (non-hydrogen) atoms. The highest BCUT2D eigenvalue weighted by molar-refractivity contribution is 5.97. The van der Waals surface area contributed by atoms with E-state index in [4.69, 9.17) is 25.7 Å². The normalized spacial score (nSPS) is 9.06. The molecule has 0 aromatic rings. The lowest BCUT2D eigenvalue weighted by atomic mass is 10.3. The summed E-state index contributed by atoms with van der Waals surface area (Å²) in [5, 5.41) is 19.0. The fraction of sp³-hybridized carbons (Fsp3) is 0.700. The molecule has 1 N–H and O–H groups in total. The van der Waals surface area contributed by atoms with Crippen molar-refractivity contribution in [1.82, 2.24) is 0 Å². The van der Waals surface area contributed by atoms with Crippen molar-refractivity contribution < 1.29 is 14.3 Å². The Bertz CT molecular complexity index is 357. The van der Waals surface area contributed by atoms with Crippen LogP contribution in [0.25, 0.3) is 10.4 Å². The van der Waals surface area contributed by atoms with Gasteiger partial charge in [-0.3, -0.25) is 4.79 Å². The summed E-state index contributed by atoms with van der Waals surface area (Å²) in [6.45, 7) is 0.810. The van der Waals surface area contributed by atoms with E-state index in [1.54, 1.807) is 0 Å². The molecule has 0 amide bonds. The number of hydrogen-bond acceptors (Lipinski definition) is 6. The van der Waals surface area contributed by atoms with Crippen LogP contribution in [0.15, 0.2) is 5.11 Å². The molecule has 0 fully saturated rings. The monoisotopic (exact) mass is 253 g/mol. The second-order valence-electron chi connectivity index (χ2n) is 3.27. The zero-order valence-corrected chi connectivity index (χ0v) is 9.96. The predicted molar refractivity (Wildman–Crippen MR) is 63.0 cm³/mol. The highest BCUT2D eigenvalue weighted by Crippen LogP contribution is 1.93. The molecule has 0 aliphatic rings. The zero-order chi connectivity index (χ0) is 13.6. The Balaban J connectivity index is 3.50. The molecule has 0 radical (unpaired) electrons. The van der Waals surface area contributed by atoms with Gasteiger partial charge in [0.05, 0.1) is 25.5 Å². The molecule has 0 saturated heterocycles. The lowest BCUT2D eigenvalue weighted by Gasteiger charge is -2.05. The number of carbonyl (C=O) groups is 1. The van der Waals surface area contributed by atoms with Gasteiger partial charge in [-0.25, -0.2) is 0 Å². The number of nitrogens with one attached hydrogen (secondary N) is 1. The molecule has 0 aliphatic heterocycles. The van der Waals surface area contributed by atoms with Crippen molar-refractivity contribution in [1.29, 1.82) is 10.7 Å². The maximum atomic E-state index is 11.1. The van der Waals surface area contributed by atoms with E-state index >= 15 is 0 Å². The summed E-state index contributed by atoms with van der Waals surface area (Å²) in [4.78, 5) is 13.7. The fourth-order valence-electron chi connectivity index (χ4n) is 0.964. The van der Waals surface area contributed by atoms with E-state index in [-0.39, 0.29) is 31.8 Å². The molecule has 0 rings (SSSR count). The minimum absolute atomic E-state index is 0.0453. The van der Waals surface area contributed by atoms with E-state index in [2.05, 4.69) is 10.0 Å². The first-order chi connectivity index (χ1) is 8.70. The van der Waals surface area contributed by atoms with E-state index in [1.165, 1.54) is 0 Å². The second kappa shape index (κ2) is 11.4. The number of azide groups is 1. The van der Waals surface area contributed by atoms with Gasteiger partial charge in [0.25, 0.3) is 0 Å². The highest BCUT2D eigenvalue weighted by atomic mass is 16.5. The smallest absolute Gasteiger partial charge is 0.311 e. The largest absolute Gasteiger partial charge is 0.464 e. The first-order valence-corrected chi connectivity index (χ1v) is 5.38. The van der Waals surface area contributed by atoms with Gasteiger partial charge < -0.3 is 14.9 Å². The first-order valence-electron chi connectivity index (χ1n) is 5.38. The summed E-state index contributed by atoms with van der Waals surface area (Å²) in [5.74, 6) is -0.534. The van der Waals surface area contributed by atoms with E-state index in [1.807, 2.05) is 6.07 Å². The van der Waals surface area contributed by atoms with Crippen LogP contribution in [-0.4, -0.2) is 38.0 Å². The molecule has 0 unspecified atom stereocenters. The number of carbonyl (C=O) groups excluding carboxylic acids is 1. The Morgan fingerprint density at radius 1 is 1.50 bits per heavy atom. The molecule has 0 aromatic carbocycles. The Morgan fingerprint density at radius 2 is 2.28 bits per heavy atom. The van der Waals surface area contributed by atoms with Crippen LogP contribution in [0.1, 0.15) is 19.3 Å². The Hall–Kier alpha value is -2.10. The van der Waals surface area contributed by atoms with Gasteiger partial charge in [0.1, 0.15) is 6.61 Å². The van der Waals surface area contributed by atoms with Crippen LogP contribution in [0.3, 0.4) is 0 Å². The SMILES string of the molecule is N#CCCOC(=O)CC(=N)COCCCN=[N+]=[N-]. The number of ether oxygens (including phenoxy) is 2. The van der Waals surface area contributed by atoms with Crippen LogP contribution in [0, 0.1) is 16.7 Å². The van der Waals surface area contributed by atoms with Crippen molar-refractivity contribution in [3.05, 3.63) is 10.4 Å². The van der Waals surface area contributed by atoms with Crippen LogP contribution >= 0.6 is 0 Å². The average Bonchev–Trinajstić information content (AvgIpc) is 2.34. The third kappa shape index (κ3) is 10.4. The van der Waals surface area contributed by atoms with Crippen molar-refractivity contribution in [2.75, 3.05) is 26.4 Å². The van der Waals surface area contributed by atoms with Crippen molar-refractivity contribution in [2.24, 2.45) is 5.11 Å². The van der Waals surface area contributed by atoms with E-state index in [0.29, 0.717) is 19.6 Å². The molecule has 0 aliphatic carbocycles. The van der Waals surface area contributed by atoms with Crippen LogP contribution in [-0.2, 0) is 14.3 Å². The van der Waals surface area contributed by atoms with Gasteiger partial charge in [-0.2, -0.15) is 5.26 Å². The van der Waals surface area contributed by atoms with Crippen LogP contribution in [0.4, 0.5) is 0 Å². The quantitative estimate of drug-likeness (QED) is 0.158. The van der Waals surface area contributed by atoms with Gasteiger partial charge in [0, 0.05) is 23.8 Å². The Morgan fingerprint density at radius 3 is 2.94 bits per heavy atom. The third-order valence-electron chi connectivity index (χ3n) is 1.72. The molecular weight excluding hydrogens is 238 g/mol. The highest BCUT2D eigenvalue weighted by Gasteiger charge is 2.07. The lowest BCUT2D eigenvalue weighted by molar-refractivity contribution is -0.142. The van der Waals surface area contributed by atoms with Crippen LogP contribution in [0.5, 0.6) is 0 Å². The van der Waals surface area contributed by atoms with Crippen molar-refractivity contribution in [3.8, 4) is 6.07 Å². The van der Waals surface area contributed by atoms with Crippen molar-refractivity contribution >= 4 is 11.7 Å². The van der Waals surface area contributed by atoms with Crippen LogP contribution in [0.2, 0.25) is 0 Å². The minimum Gasteiger partial charge on any atom is -0.464 e. The number of nitrogens with zero attached hydrogens (tertiary/aromatic N) is 4. The second-order valence-corrected chi connectivity index (χ2v) is 3.27. The predicted octanol–water partition coefficient (Wildman–Crippen LogP) is 1.57. The van der Waals surface area contributed by atoms with Gasteiger partial charge in [-0.1, -0.05) is 5.11 Å². The van der Waals surface area contributed by atoms with Gasteiger partial charge in [0.15, 0.2) is 0 Å². The van der Waals surface area contributed by atoms with Crippen molar-refractivity contribution in [3.63, 3.8) is 0 Å². The molecule has 8 nitrogen and oxygen atoms in total. The average molecular weight is 253 g/mol. The maximum Gasteiger partial charge on any atom is 0.311 e. The van der Waals surface area contributed by atoms with Gasteiger partial charge >= 0.3 is 5.97 Å². The van der Waals surface area contributed by atoms with Gasteiger partial charge in [-0.15, -0.1) is 0 Å². The Labute approximate surface area is 105 Å². The fourth-order valence-corrected chi connectivity index (χ4v) is 0.964. The number of nitriles is 1. The number of hydrogen-bond donors (Lipinski definition) is 1. The number of rotatable bonds is 10. The lowest BCUT2D eigenvalue weighted by Crippen LogP contribution is -2.16. The number of esters is 1. The Kier molecular flexibility index (Phi) is 10.1. The molecule has 0 spiro atoms. The van der Waals surface area contributed by atoms with Gasteiger partial charge in [0.2, 0.25) is 0 Å². The summed E-state index contributed by atoms with van der Waals surface area (Å²) >= 11 is 0. The first kappa shape index (κ1) is 15.9. The molecular formula is C10H15N5O3. The third-order valence-corrected chi connectivity index (χ3v) is 1.72. The minimum atomic E-state index is -0.534. The van der Waals surface area contributed by atoms with E-state index in [0.717, 1.165) is 0 Å². The summed E-state index contributed by atoms with van der Waals surface area (Å²) in [6.07, 6.45) is 0.584. The molecule has 0 heterocycles. The van der Waals surface area contributed by atoms with E-state index in [9.17, 15) is 4.79 Å². The maximum absolute atomic E-state index is 11.1. The topological polar surface area (TPSA) is 132 Å². The van der Waals surface area contributed by atoms with E-state index < -0.39 is 5.97 Å². The summed E-state index contributed by atoms with van der Waals surface area (Å²) in [7, 11) is 0. The van der Waals surface area contributed by atoms with Crippen LogP contribution < -0.4 is 0 Å². The summed E-state index contributed by atoms with van der Waals surface area (Å²) in [6, 6.07) is 1.85. The summed E-state index contributed by atoms with van der Waals surface area (Å²) < 4.78 is 9.80. The molecule has 0 saturated carbocycles. The molecule has 0 aromatic heterocycles. The van der Waals surface area contributed by atoms with Crippen molar-refractivity contribution in [2.45, 2.75) is 19.3 Å². The molecule has 0 bridgehead atoms. The molecule has 8 heteroatoms. The molecule has 98 valence electrons. The zero-order valence-electron chi connectivity index (χ0n) is 9.96. The summed E-state index contributed by atoms with van der Waals surface area (Å²) in [5.41, 5.74) is 8.12. The molecule has 0 atom stereocenters.